The van der Waals surface area contributed by atoms with E-state index in [0.29, 0.717) is 24.3 Å². The van der Waals surface area contributed by atoms with Crippen molar-refractivity contribution >= 4 is 17.7 Å². The molecule has 2 aromatic carbocycles. The van der Waals surface area contributed by atoms with Gasteiger partial charge in [0.2, 0.25) is 5.91 Å². The molecule has 1 fully saturated rings. The van der Waals surface area contributed by atoms with Gasteiger partial charge in [-0.15, -0.1) is 0 Å². The van der Waals surface area contributed by atoms with Gasteiger partial charge in [-0.2, -0.15) is 0 Å². The van der Waals surface area contributed by atoms with Crippen LogP contribution in [-0.4, -0.2) is 24.6 Å². The van der Waals surface area contributed by atoms with Crippen molar-refractivity contribution in [3.05, 3.63) is 54.1 Å². The molecule has 0 saturated heterocycles. The molecule has 0 aliphatic heterocycles. The fraction of sp³-hybridized carbons (Fsp3) is 0.333. The number of ether oxygens (including phenoxy) is 2. The second-order valence-corrected chi connectivity index (χ2v) is 6.80. The normalized spacial score (nSPS) is 15.0. The third-order valence-corrected chi connectivity index (χ3v) is 4.76. The van der Waals surface area contributed by atoms with Crippen molar-refractivity contribution in [2.24, 2.45) is 0 Å². The van der Waals surface area contributed by atoms with Gasteiger partial charge in [-0.25, -0.2) is 4.79 Å². The van der Waals surface area contributed by atoms with E-state index in [1.807, 2.05) is 31.2 Å². The predicted octanol–water partition coefficient (Wildman–Crippen LogP) is 4.39. The van der Waals surface area contributed by atoms with Gasteiger partial charge in [0, 0.05) is 5.69 Å². The number of amides is 2. The number of rotatable bonds is 5. The van der Waals surface area contributed by atoms with Crippen LogP contribution in [0.1, 0.15) is 31.2 Å². The number of carbonyl (C=O) groups excluding carboxylic acids is 2. The topological polar surface area (TPSA) is 76.7 Å². The van der Waals surface area contributed by atoms with Gasteiger partial charge < -0.3 is 20.1 Å². The van der Waals surface area contributed by atoms with E-state index in [1.165, 1.54) is 7.11 Å². The number of aryl methyl sites for hydroxylation is 1. The Bertz CT molecular complexity index is 811. The average molecular weight is 368 g/mol. The molecule has 2 N–H and O–H groups in total. The van der Waals surface area contributed by atoms with E-state index < -0.39 is 11.6 Å². The lowest BCUT2D eigenvalue weighted by molar-refractivity contribution is -0.122. The first-order valence-corrected chi connectivity index (χ1v) is 9.03. The van der Waals surface area contributed by atoms with Crippen LogP contribution < -0.4 is 15.4 Å². The summed E-state index contributed by atoms with van der Waals surface area (Å²) >= 11 is 0. The number of methoxy groups -OCH3 is 1. The number of hydrogen-bond donors (Lipinski definition) is 2. The maximum absolute atomic E-state index is 12.8. The van der Waals surface area contributed by atoms with Crippen molar-refractivity contribution in [2.45, 2.75) is 38.1 Å². The minimum Gasteiger partial charge on any atom is -0.457 e. The monoisotopic (exact) mass is 368 g/mol. The molecule has 0 aromatic heterocycles. The maximum Gasteiger partial charge on any atom is 0.407 e. The Balaban J connectivity index is 1.66. The van der Waals surface area contributed by atoms with Gasteiger partial charge in [0.15, 0.2) is 0 Å². The lowest BCUT2D eigenvalue weighted by Crippen LogP contribution is -2.55. The summed E-state index contributed by atoms with van der Waals surface area (Å²) in [4.78, 5) is 24.4. The van der Waals surface area contributed by atoms with E-state index in [9.17, 15) is 9.59 Å². The van der Waals surface area contributed by atoms with Crippen LogP contribution in [0.15, 0.2) is 48.5 Å². The summed E-state index contributed by atoms with van der Waals surface area (Å²) < 4.78 is 10.5. The highest BCUT2D eigenvalue weighted by Gasteiger charge is 2.42. The smallest absolute Gasteiger partial charge is 0.407 e. The van der Waals surface area contributed by atoms with Crippen LogP contribution in [0.4, 0.5) is 10.5 Å². The van der Waals surface area contributed by atoms with Crippen LogP contribution in [-0.2, 0) is 9.53 Å². The molecule has 0 spiro atoms. The number of hydrogen-bond acceptors (Lipinski definition) is 4. The largest absolute Gasteiger partial charge is 0.457 e. The molecule has 1 aliphatic rings. The highest BCUT2D eigenvalue weighted by molar-refractivity contribution is 6.00. The Morgan fingerprint density at radius 2 is 1.70 bits per heavy atom. The SMILES string of the molecule is COC(=O)NC1(C(=O)Nc2ccc(Oc3cccc(C)c3)cc2)CCCC1. The first-order valence-electron chi connectivity index (χ1n) is 9.03. The maximum atomic E-state index is 12.8. The fourth-order valence-corrected chi connectivity index (χ4v) is 3.31. The van der Waals surface area contributed by atoms with Crippen LogP contribution in [0.5, 0.6) is 11.5 Å². The summed E-state index contributed by atoms with van der Waals surface area (Å²) in [6.45, 7) is 2.01. The van der Waals surface area contributed by atoms with Crippen molar-refractivity contribution in [2.75, 3.05) is 12.4 Å². The lowest BCUT2D eigenvalue weighted by atomic mass is 9.96. The molecule has 2 aromatic rings. The van der Waals surface area contributed by atoms with E-state index in [1.54, 1.807) is 24.3 Å². The molecule has 0 heterocycles. The number of benzene rings is 2. The Hall–Kier alpha value is -3.02. The average Bonchev–Trinajstić information content (AvgIpc) is 3.13. The minimum absolute atomic E-state index is 0.224. The second kappa shape index (κ2) is 8.12. The zero-order valence-electron chi connectivity index (χ0n) is 15.6. The molecule has 27 heavy (non-hydrogen) atoms. The van der Waals surface area contributed by atoms with Gasteiger partial charge >= 0.3 is 6.09 Å². The van der Waals surface area contributed by atoms with Crippen molar-refractivity contribution in [1.82, 2.24) is 5.32 Å². The summed E-state index contributed by atoms with van der Waals surface area (Å²) in [5, 5.41) is 5.60. The van der Waals surface area contributed by atoms with Crippen LogP contribution in [0.2, 0.25) is 0 Å². The molecular formula is C21H24N2O4. The van der Waals surface area contributed by atoms with Crippen LogP contribution in [0, 0.1) is 6.92 Å². The van der Waals surface area contributed by atoms with Crippen molar-refractivity contribution in [3.63, 3.8) is 0 Å². The lowest BCUT2D eigenvalue weighted by Gasteiger charge is -2.28. The number of nitrogens with one attached hydrogen (secondary N) is 2. The zero-order chi connectivity index (χ0) is 19.3. The van der Waals surface area contributed by atoms with Crippen molar-refractivity contribution < 1.29 is 19.1 Å². The highest BCUT2D eigenvalue weighted by Crippen LogP contribution is 2.31. The molecule has 0 atom stereocenters. The Labute approximate surface area is 158 Å². The quantitative estimate of drug-likeness (QED) is 0.820. The van der Waals surface area contributed by atoms with Gasteiger partial charge in [0.25, 0.3) is 0 Å². The van der Waals surface area contributed by atoms with Crippen molar-refractivity contribution in [1.29, 1.82) is 0 Å². The summed E-state index contributed by atoms with van der Waals surface area (Å²) in [5.74, 6) is 1.22. The Morgan fingerprint density at radius 1 is 1.00 bits per heavy atom. The van der Waals surface area contributed by atoms with E-state index in [2.05, 4.69) is 15.4 Å². The fourth-order valence-electron chi connectivity index (χ4n) is 3.31. The predicted molar refractivity (Wildman–Crippen MR) is 103 cm³/mol. The molecule has 142 valence electrons. The molecule has 0 bridgehead atoms. The first kappa shape index (κ1) is 18.8. The third kappa shape index (κ3) is 4.58. The molecule has 6 nitrogen and oxygen atoms in total. The van der Waals surface area contributed by atoms with E-state index in [0.717, 1.165) is 24.2 Å². The van der Waals surface area contributed by atoms with Gasteiger partial charge in [-0.3, -0.25) is 4.79 Å². The van der Waals surface area contributed by atoms with Gasteiger partial charge in [-0.1, -0.05) is 25.0 Å². The second-order valence-electron chi connectivity index (χ2n) is 6.80. The molecule has 3 rings (SSSR count). The van der Waals surface area contributed by atoms with Gasteiger partial charge in [0.05, 0.1) is 7.11 Å². The van der Waals surface area contributed by atoms with Crippen LogP contribution >= 0.6 is 0 Å². The Kier molecular flexibility index (Phi) is 5.64. The standard InChI is InChI=1S/C21H24N2O4/c1-15-6-5-7-18(14-15)27-17-10-8-16(9-11-17)22-19(24)21(12-3-4-13-21)23-20(25)26-2/h5-11,14H,3-4,12-13H2,1-2H3,(H,22,24)(H,23,25). The van der Waals surface area contributed by atoms with E-state index in [4.69, 9.17) is 4.74 Å². The Morgan fingerprint density at radius 3 is 2.33 bits per heavy atom. The van der Waals surface area contributed by atoms with Crippen molar-refractivity contribution in [3.8, 4) is 11.5 Å². The molecule has 2 amide bonds. The highest BCUT2D eigenvalue weighted by atomic mass is 16.5. The zero-order valence-corrected chi connectivity index (χ0v) is 15.6. The number of carbonyl (C=O) groups is 2. The van der Waals surface area contributed by atoms with Gasteiger partial charge in [0.1, 0.15) is 17.0 Å². The number of alkyl carbamates (subject to hydrolysis) is 1. The summed E-state index contributed by atoms with van der Waals surface area (Å²) in [6.07, 6.45) is 2.39. The molecule has 0 radical (unpaired) electrons. The van der Waals surface area contributed by atoms with E-state index >= 15 is 0 Å². The number of anilines is 1. The van der Waals surface area contributed by atoms with Crippen LogP contribution in [0.25, 0.3) is 0 Å². The first-order chi connectivity index (χ1) is 13.0. The molecule has 6 heteroatoms. The summed E-state index contributed by atoms with van der Waals surface area (Å²) in [5.41, 5.74) is 0.856. The van der Waals surface area contributed by atoms with Gasteiger partial charge in [-0.05, 0) is 61.7 Å². The van der Waals surface area contributed by atoms with Crippen LogP contribution in [0.3, 0.4) is 0 Å². The minimum atomic E-state index is -0.913. The molecular weight excluding hydrogens is 344 g/mol. The summed E-state index contributed by atoms with van der Waals surface area (Å²) in [6, 6.07) is 15.0. The van der Waals surface area contributed by atoms with E-state index in [-0.39, 0.29) is 5.91 Å². The summed E-state index contributed by atoms with van der Waals surface area (Å²) in [7, 11) is 1.29. The molecule has 0 unspecified atom stereocenters. The third-order valence-electron chi connectivity index (χ3n) is 4.76. The molecule has 1 saturated carbocycles. The molecule has 1 aliphatic carbocycles.